The SMILES string of the molecule is COc1ccc(C2Nc3ccccc3-n3c(-c4ccccc4C)c4c(=O)n(C)c(=O)n(C)c4c32)cc1O. The van der Waals surface area contributed by atoms with E-state index in [0.29, 0.717) is 16.7 Å². The normalized spacial score (nSPS) is 14.2. The fourth-order valence-electron chi connectivity index (χ4n) is 5.45. The molecule has 3 aromatic carbocycles. The van der Waals surface area contributed by atoms with E-state index >= 15 is 0 Å². The molecule has 1 atom stereocenters. The number of phenolic OH excluding ortho intramolecular Hbond substituents is 1. The first-order valence-electron chi connectivity index (χ1n) is 12.0. The van der Waals surface area contributed by atoms with Gasteiger partial charge in [0.05, 0.1) is 46.8 Å². The molecule has 0 amide bonds. The molecule has 8 nitrogen and oxygen atoms in total. The molecule has 2 aromatic heterocycles. The van der Waals surface area contributed by atoms with Crippen molar-refractivity contribution in [1.29, 1.82) is 0 Å². The van der Waals surface area contributed by atoms with Crippen LogP contribution in [-0.4, -0.2) is 25.9 Å². The Kier molecular flexibility index (Phi) is 5.01. The zero-order valence-electron chi connectivity index (χ0n) is 20.9. The Morgan fingerprint density at radius 3 is 2.41 bits per heavy atom. The van der Waals surface area contributed by atoms with E-state index in [4.69, 9.17) is 4.74 Å². The van der Waals surface area contributed by atoms with Crippen LogP contribution in [0, 0.1) is 6.92 Å². The quantitative estimate of drug-likeness (QED) is 0.392. The van der Waals surface area contributed by atoms with Crippen molar-refractivity contribution >= 4 is 16.6 Å². The number of aryl methyl sites for hydroxylation is 2. The third kappa shape index (κ3) is 3.15. The lowest BCUT2D eigenvalue weighted by atomic mass is 9.99. The van der Waals surface area contributed by atoms with Crippen LogP contribution >= 0.6 is 0 Å². The molecule has 0 fully saturated rings. The Morgan fingerprint density at radius 2 is 1.68 bits per heavy atom. The first-order chi connectivity index (χ1) is 17.8. The molecule has 186 valence electrons. The van der Waals surface area contributed by atoms with Crippen LogP contribution in [-0.2, 0) is 14.1 Å². The number of aromatic hydroxyl groups is 1. The monoisotopic (exact) mass is 494 g/mol. The maximum Gasteiger partial charge on any atom is 0.331 e. The Balaban J connectivity index is 1.84. The number of hydrogen-bond donors (Lipinski definition) is 2. The summed E-state index contributed by atoms with van der Waals surface area (Å²) < 4.78 is 10.0. The Labute approximate surface area is 212 Å². The Hall–Kier alpha value is -4.72. The van der Waals surface area contributed by atoms with Crippen molar-refractivity contribution in [2.75, 3.05) is 12.4 Å². The highest BCUT2D eigenvalue weighted by molar-refractivity contribution is 5.99. The smallest absolute Gasteiger partial charge is 0.331 e. The van der Waals surface area contributed by atoms with Gasteiger partial charge in [0.25, 0.3) is 5.56 Å². The molecular weight excluding hydrogens is 468 g/mol. The fourth-order valence-corrected chi connectivity index (χ4v) is 5.45. The van der Waals surface area contributed by atoms with E-state index in [-0.39, 0.29) is 11.3 Å². The molecule has 8 heteroatoms. The van der Waals surface area contributed by atoms with Crippen molar-refractivity contribution < 1.29 is 9.84 Å². The van der Waals surface area contributed by atoms with E-state index in [0.717, 1.165) is 44.0 Å². The number of fused-ring (bicyclic) bond motifs is 5. The van der Waals surface area contributed by atoms with Crippen molar-refractivity contribution in [2.24, 2.45) is 14.1 Å². The largest absolute Gasteiger partial charge is 0.504 e. The van der Waals surface area contributed by atoms with Crippen molar-refractivity contribution in [3.05, 3.63) is 104 Å². The van der Waals surface area contributed by atoms with E-state index in [1.807, 2.05) is 61.5 Å². The summed E-state index contributed by atoms with van der Waals surface area (Å²) in [6.45, 7) is 2.01. The number of para-hydroxylation sites is 2. The maximum atomic E-state index is 13.8. The molecule has 0 saturated carbocycles. The van der Waals surface area contributed by atoms with Crippen LogP contribution in [0.3, 0.4) is 0 Å². The highest BCUT2D eigenvalue weighted by Gasteiger charge is 2.35. The van der Waals surface area contributed by atoms with Crippen LogP contribution in [0.4, 0.5) is 5.69 Å². The highest BCUT2D eigenvalue weighted by Crippen LogP contribution is 2.46. The van der Waals surface area contributed by atoms with E-state index in [1.54, 1.807) is 19.2 Å². The minimum atomic E-state index is -0.468. The first-order valence-corrected chi connectivity index (χ1v) is 12.0. The third-order valence-electron chi connectivity index (χ3n) is 7.26. The maximum absolute atomic E-state index is 13.8. The van der Waals surface area contributed by atoms with Crippen molar-refractivity contribution in [3.8, 4) is 28.4 Å². The van der Waals surface area contributed by atoms with Gasteiger partial charge in [0.15, 0.2) is 11.5 Å². The number of nitrogens with one attached hydrogen (secondary N) is 1. The van der Waals surface area contributed by atoms with Crippen LogP contribution in [0.5, 0.6) is 11.5 Å². The minimum Gasteiger partial charge on any atom is -0.504 e. The number of hydrogen-bond acceptors (Lipinski definition) is 5. The van der Waals surface area contributed by atoms with Crippen LogP contribution in [0.1, 0.15) is 22.9 Å². The van der Waals surface area contributed by atoms with Gasteiger partial charge in [0, 0.05) is 19.7 Å². The summed E-state index contributed by atoms with van der Waals surface area (Å²) in [5.74, 6) is 0.370. The highest BCUT2D eigenvalue weighted by atomic mass is 16.5. The number of phenols is 1. The van der Waals surface area contributed by atoms with Gasteiger partial charge in [-0.05, 0) is 42.3 Å². The van der Waals surface area contributed by atoms with Crippen molar-refractivity contribution in [3.63, 3.8) is 0 Å². The molecule has 0 radical (unpaired) electrons. The Morgan fingerprint density at radius 1 is 0.946 bits per heavy atom. The average Bonchev–Trinajstić information content (AvgIpc) is 3.27. The van der Waals surface area contributed by atoms with E-state index in [1.165, 1.54) is 18.7 Å². The second-order valence-corrected chi connectivity index (χ2v) is 9.34. The lowest BCUT2D eigenvalue weighted by Crippen LogP contribution is -2.37. The van der Waals surface area contributed by atoms with Crippen LogP contribution in [0.15, 0.2) is 76.3 Å². The summed E-state index contributed by atoms with van der Waals surface area (Å²) in [5.41, 5.74) is 5.68. The van der Waals surface area contributed by atoms with Gasteiger partial charge < -0.3 is 19.7 Å². The number of anilines is 1. The topological polar surface area (TPSA) is 90.4 Å². The fraction of sp³-hybridized carbons (Fsp3) is 0.172. The van der Waals surface area contributed by atoms with Gasteiger partial charge in [-0.25, -0.2) is 4.79 Å². The summed E-state index contributed by atoms with van der Waals surface area (Å²) in [5, 5.41) is 14.7. The van der Waals surface area contributed by atoms with Gasteiger partial charge >= 0.3 is 5.69 Å². The zero-order valence-corrected chi connectivity index (χ0v) is 20.9. The summed E-state index contributed by atoms with van der Waals surface area (Å²) in [6, 6.07) is 20.6. The van der Waals surface area contributed by atoms with Gasteiger partial charge in [0.1, 0.15) is 0 Å². The Bertz CT molecular complexity index is 1840. The molecule has 37 heavy (non-hydrogen) atoms. The number of ether oxygens (including phenoxy) is 1. The van der Waals surface area contributed by atoms with Crippen LogP contribution in [0.2, 0.25) is 0 Å². The van der Waals surface area contributed by atoms with Crippen molar-refractivity contribution in [1.82, 2.24) is 13.7 Å². The van der Waals surface area contributed by atoms with Gasteiger partial charge in [-0.2, -0.15) is 0 Å². The van der Waals surface area contributed by atoms with Gasteiger partial charge in [-0.1, -0.05) is 42.5 Å². The standard InChI is InChI=1S/C29H26N4O4/c1-16-9-5-6-10-18(16)25-23-26(31(2)29(36)32(3)28(23)35)27-24(17-13-14-22(37-4)21(34)15-17)30-19-11-7-8-12-20(19)33(25)27/h5-15,24,30,34H,1-4H3. The number of aromatic nitrogens is 3. The second-order valence-electron chi connectivity index (χ2n) is 9.34. The van der Waals surface area contributed by atoms with Crippen LogP contribution < -0.4 is 21.3 Å². The number of methoxy groups -OCH3 is 1. The molecule has 3 heterocycles. The molecule has 0 saturated heterocycles. The minimum absolute atomic E-state index is 0.00648. The van der Waals surface area contributed by atoms with E-state index < -0.39 is 11.7 Å². The summed E-state index contributed by atoms with van der Waals surface area (Å²) in [6.07, 6.45) is 0. The predicted octanol–water partition coefficient (Wildman–Crippen LogP) is 4.23. The molecule has 1 aliphatic heterocycles. The number of benzene rings is 3. The van der Waals surface area contributed by atoms with E-state index in [2.05, 4.69) is 9.88 Å². The molecule has 0 spiro atoms. The average molecular weight is 495 g/mol. The van der Waals surface area contributed by atoms with Gasteiger partial charge in [-0.15, -0.1) is 0 Å². The molecule has 0 bridgehead atoms. The lowest BCUT2D eigenvalue weighted by Gasteiger charge is -2.31. The predicted molar refractivity (Wildman–Crippen MR) is 144 cm³/mol. The summed E-state index contributed by atoms with van der Waals surface area (Å²) in [7, 11) is 4.70. The lowest BCUT2D eigenvalue weighted by molar-refractivity contribution is 0.373. The number of rotatable bonds is 3. The summed E-state index contributed by atoms with van der Waals surface area (Å²) >= 11 is 0. The molecule has 1 aliphatic rings. The third-order valence-corrected chi connectivity index (χ3v) is 7.26. The van der Waals surface area contributed by atoms with Crippen LogP contribution in [0.25, 0.3) is 27.8 Å². The zero-order chi connectivity index (χ0) is 26.0. The number of nitrogens with zero attached hydrogens (tertiary/aromatic N) is 3. The molecule has 5 aromatic rings. The van der Waals surface area contributed by atoms with Gasteiger partial charge in [0.2, 0.25) is 0 Å². The van der Waals surface area contributed by atoms with Gasteiger partial charge in [-0.3, -0.25) is 13.9 Å². The molecule has 6 rings (SSSR count). The molecule has 0 aliphatic carbocycles. The molecule has 1 unspecified atom stereocenters. The second kappa shape index (κ2) is 8.16. The molecule has 2 N–H and O–H groups in total. The van der Waals surface area contributed by atoms with E-state index in [9.17, 15) is 14.7 Å². The van der Waals surface area contributed by atoms with Crippen molar-refractivity contribution in [2.45, 2.75) is 13.0 Å². The first kappa shape index (κ1) is 22.7. The molecular formula is C29H26N4O4. The summed E-state index contributed by atoms with van der Waals surface area (Å²) in [4.78, 5) is 26.9.